The maximum absolute atomic E-state index is 14.1. The van der Waals surface area contributed by atoms with Crippen LogP contribution in [0.5, 0.6) is 0 Å². The SMILES string of the molecule is O=C(Nc1ccc(-c2ccccc2)cc1)N1C2CCC1c1ccnc(F)c1C2. The number of carbonyl (C=O) groups excluding carboxylic acids is 1. The Labute approximate surface area is 163 Å². The first kappa shape index (κ1) is 16.9. The third-order valence-corrected chi connectivity index (χ3v) is 5.82. The Morgan fingerprint density at radius 1 is 1.00 bits per heavy atom. The molecule has 0 saturated carbocycles. The molecular weight excluding hydrogens is 353 g/mol. The highest BCUT2D eigenvalue weighted by Gasteiger charge is 2.43. The summed E-state index contributed by atoms with van der Waals surface area (Å²) in [5, 5.41) is 3.01. The molecule has 1 aromatic heterocycles. The Morgan fingerprint density at radius 3 is 2.54 bits per heavy atom. The predicted molar refractivity (Wildman–Crippen MR) is 106 cm³/mol. The lowest BCUT2D eigenvalue weighted by Gasteiger charge is -2.36. The molecule has 140 valence electrons. The van der Waals surface area contributed by atoms with Gasteiger partial charge in [0.05, 0.1) is 6.04 Å². The van der Waals surface area contributed by atoms with Crippen LogP contribution in [0.2, 0.25) is 0 Å². The van der Waals surface area contributed by atoms with E-state index in [2.05, 4.69) is 22.4 Å². The second-order valence-corrected chi connectivity index (χ2v) is 7.40. The second-order valence-electron chi connectivity index (χ2n) is 7.40. The first-order valence-corrected chi connectivity index (χ1v) is 9.59. The number of pyridine rings is 1. The highest BCUT2D eigenvalue weighted by atomic mass is 19.1. The number of halogens is 1. The fourth-order valence-corrected chi connectivity index (χ4v) is 4.49. The zero-order valence-corrected chi connectivity index (χ0v) is 15.3. The Kier molecular flexibility index (Phi) is 4.08. The number of fused-ring (bicyclic) bond motifs is 4. The summed E-state index contributed by atoms with van der Waals surface area (Å²) in [4.78, 5) is 18.6. The van der Waals surface area contributed by atoms with Crippen LogP contribution in [0.15, 0.2) is 66.9 Å². The van der Waals surface area contributed by atoms with E-state index in [-0.39, 0.29) is 18.1 Å². The number of rotatable bonds is 2. The molecular formula is C23H20FN3O. The summed E-state index contributed by atoms with van der Waals surface area (Å²) in [5.74, 6) is -0.397. The number of nitrogens with zero attached hydrogens (tertiary/aromatic N) is 2. The van der Waals surface area contributed by atoms with E-state index >= 15 is 0 Å². The van der Waals surface area contributed by atoms with Gasteiger partial charge < -0.3 is 10.2 Å². The summed E-state index contributed by atoms with van der Waals surface area (Å²) in [6, 6.07) is 19.7. The molecule has 4 nitrogen and oxygen atoms in total. The van der Waals surface area contributed by atoms with E-state index in [1.807, 2.05) is 53.4 Å². The van der Waals surface area contributed by atoms with Gasteiger partial charge in [-0.25, -0.2) is 9.78 Å². The van der Waals surface area contributed by atoms with E-state index in [4.69, 9.17) is 0 Å². The zero-order valence-electron chi connectivity index (χ0n) is 15.3. The van der Waals surface area contributed by atoms with Crippen molar-refractivity contribution in [1.29, 1.82) is 0 Å². The maximum atomic E-state index is 14.1. The minimum atomic E-state index is -0.397. The molecule has 1 N–H and O–H groups in total. The molecule has 0 aliphatic carbocycles. The molecule has 2 atom stereocenters. The second kappa shape index (κ2) is 6.75. The third kappa shape index (κ3) is 2.83. The van der Waals surface area contributed by atoms with E-state index in [9.17, 15) is 9.18 Å². The Bertz CT molecular complexity index is 1020. The zero-order chi connectivity index (χ0) is 19.1. The largest absolute Gasteiger partial charge is 0.322 e. The van der Waals surface area contributed by atoms with Crippen LogP contribution < -0.4 is 5.32 Å². The van der Waals surface area contributed by atoms with Crippen molar-refractivity contribution in [1.82, 2.24) is 9.88 Å². The Balaban J connectivity index is 1.35. The van der Waals surface area contributed by atoms with Crippen molar-refractivity contribution in [2.75, 3.05) is 5.32 Å². The van der Waals surface area contributed by atoms with E-state index < -0.39 is 5.95 Å². The number of benzene rings is 2. The van der Waals surface area contributed by atoms with Gasteiger partial charge in [-0.05, 0) is 54.2 Å². The molecule has 2 aromatic carbocycles. The normalized spacial score (nSPS) is 20.0. The van der Waals surface area contributed by atoms with Crippen LogP contribution >= 0.6 is 0 Å². The van der Waals surface area contributed by atoms with Crippen LogP contribution in [0.4, 0.5) is 14.9 Å². The number of hydrogen-bond donors (Lipinski definition) is 1. The lowest BCUT2D eigenvalue weighted by molar-refractivity contribution is 0.178. The molecule has 28 heavy (non-hydrogen) atoms. The minimum absolute atomic E-state index is 0.0276. The lowest BCUT2D eigenvalue weighted by atomic mass is 9.95. The van der Waals surface area contributed by atoms with Crippen LogP contribution in [0, 0.1) is 5.95 Å². The molecule has 0 spiro atoms. The third-order valence-electron chi connectivity index (χ3n) is 5.82. The van der Waals surface area contributed by atoms with Gasteiger partial charge in [-0.15, -0.1) is 0 Å². The van der Waals surface area contributed by atoms with Crippen molar-refractivity contribution in [3.63, 3.8) is 0 Å². The summed E-state index contributed by atoms with van der Waals surface area (Å²) in [6.45, 7) is 0. The van der Waals surface area contributed by atoms with Crippen LogP contribution in [-0.2, 0) is 6.42 Å². The average Bonchev–Trinajstić information content (AvgIpc) is 3.05. The molecule has 2 bridgehead atoms. The molecule has 0 radical (unpaired) electrons. The smallest absolute Gasteiger partial charge is 0.314 e. The van der Waals surface area contributed by atoms with Crippen molar-refractivity contribution < 1.29 is 9.18 Å². The molecule has 2 unspecified atom stereocenters. The van der Waals surface area contributed by atoms with Crippen LogP contribution in [0.25, 0.3) is 11.1 Å². The maximum Gasteiger partial charge on any atom is 0.322 e. The molecule has 2 aliphatic heterocycles. The predicted octanol–water partition coefficient (Wildman–Crippen LogP) is 5.18. The molecule has 5 rings (SSSR count). The van der Waals surface area contributed by atoms with Gasteiger partial charge >= 0.3 is 6.03 Å². The number of urea groups is 1. The van der Waals surface area contributed by atoms with Crippen molar-refractivity contribution in [3.8, 4) is 11.1 Å². The number of anilines is 1. The quantitative estimate of drug-likeness (QED) is 0.629. The summed E-state index contributed by atoms with van der Waals surface area (Å²) in [5.41, 5.74) is 4.58. The van der Waals surface area contributed by atoms with Gasteiger partial charge in [0, 0.05) is 23.5 Å². The van der Waals surface area contributed by atoms with Gasteiger partial charge in [-0.3, -0.25) is 0 Å². The molecule has 3 aromatic rings. The van der Waals surface area contributed by atoms with Crippen molar-refractivity contribution in [2.24, 2.45) is 0 Å². The van der Waals surface area contributed by atoms with E-state index in [0.29, 0.717) is 12.0 Å². The van der Waals surface area contributed by atoms with Gasteiger partial charge in [-0.1, -0.05) is 42.5 Å². The molecule has 5 heteroatoms. The van der Waals surface area contributed by atoms with Crippen molar-refractivity contribution in [2.45, 2.75) is 31.3 Å². The molecule has 1 saturated heterocycles. The number of nitrogens with one attached hydrogen (secondary N) is 1. The fraction of sp³-hybridized carbons (Fsp3) is 0.217. The van der Waals surface area contributed by atoms with Gasteiger partial charge in [-0.2, -0.15) is 4.39 Å². The van der Waals surface area contributed by atoms with E-state index in [0.717, 1.165) is 35.2 Å². The molecule has 3 heterocycles. The first-order valence-electron chi connectivity index (χ1n) is 9.59. The number of aromatic nitrogens is 1. The lowest BCUT2D eigenvalue weighted by Crippen LogP contribution is -2.44. The number of amides is 2. The summed E-state index contributed by atoms with van der Waals surface area (Å²) in [7, 11) is 0. The van der Waals surface area contributed by atoms with E-state index in [1.165, 1.54) is 6.20 Å². The van der Waals surface area contributed by atoms with E-state index in [1.54, 1.807) is 0 Å². The standard InChI is InChI=1S/C23H20FN3O/c24-22-20-14-18-10-11-21(19(20)12-13-25-22)27(18)23(28)26-17-8-6-16(7-9-17)15-4-2-1-3-5-15/h1-9,12-13,18,21H,10-11,14H2,(H,26,28). The van der Waals surface area contributed by atoms with Crippen LogP contribution in [0.3, 0.4) is 0 Å². The Morgan fingerprint density at radius 2 is 1.75 bits per heavy atom. The topological polar surface area (TPSA) is 45.2 Å². The van der Waals surface area contributed by atoms with Crippen molar-refractivity contribution in [3.05, 3.63) is 83.9 Å². The fourth-order valence-electron chi connectivity index (χ4n) is 4.49. The number of hydrogen-bond acceptors (Lipinski definition) is 2. The first-order chi connectivity index (χ1) is 13.7. The average molecular weight is 373 g/mol. The van der Waals surface area contributed by atoms with Gasteiger partial charge in [0.15, 0.2) is 0 Å². The Hall–Kier alpha value is -3.21. The van der Waals surface area contributed by atoms with Crippen molar-refractivity contribution >= 4 is 11.7 Å². The summed E-state index contributed by atoms with van der Waals surface area (Å²) >= 11 is 0. The molecule has 1 fully saturated rings. The number of carbonyl (C=O) groups is 1. The highest BCUT2D eigenvalue weighted by molar-refractivity contribution is 5.90. The monoisotopic (exact) mass is 373 g/mol. The molecule has 2 aliphatic rings. The molecule has 2 amide bonds. The summed E-state index contributed by atoms with van der Waals surface area (Å²) in [6.07, 6.45) is 3.78. The van der Waals surface area contributed by atoms with Crippen LogP contribution in [0.1, 0.15) is 30.0 Å². The van der Waals surface area contributed by atoms with Gasteiger partial charge in [0.25, 0.3) is 0 Å². The summed E-state index contributed by atoms with van der Waals surface area (Å²) < 4.78 is 14.1. The van der Waals surface area contributed by atoms with Gasteiger partial charge in [0.1, 0.15) is 0 Å². The highest BCUT2D eigenvalue weighted by Crippen LogP contribution is 2.44. The van der Waals surface area contributed by atoms with Gasteiger partial charge in [0.2, 0.25) is 5.95 Å². The minimum Gasteiger partial charge on any atom is -0.314 e. The van der Waals surface area contributed by atoms with Crippen LogP contribution in [-0.4, -0.2) is 22.0 Å².